The first-order valence-corrected chi connectivity index (χ1v) is 13.6. The van der Waals surface area contributed by atoms with Crippen LogP contribution in [0.2, 0.25) is 0 Å². The largest absolute Gasteiger partial charge is 0.0813 e. The van der Waals surface area contributed by atoms with Crippen molar-refractivity contribution < 1.29 is 0 Å². The van der Waals surface area contributed by atoms with Gasteiger partial charge < -0.3 is 0 Å². The van der Waals surface area contributed by atoms with Crippen LogP contribution in [0.5, 0.6) is 0 Å². The number of fused-ring (bicyclic) bond motifs is 1. The van der Waals surface area contributed by atoms with Crippen LogP contribution in [0.3, 0.4) is 0 Å². The first kappa shape index (κ1) is 22.7. The van der Waals surface area contributed by atoms with E-state index in [0.717, 1.165) is 47.3 Å². The van der Waals surface area contributed by atoms with Gasteiger partial charge in [-0.05, 0) is 92.3 Å². The number of allylic oxidation sites excluding steroid dienone is 4. The Morgan fingerprint density at radius 1 is 0.967 bits per heavy atom. The normalized spacial score (nSPS) is 38.5. The minimum absolute atomic E-state index is 0.501. The molecule has 0 amide bonds. The van der Waals surface area contributed by atoms with Crippen molar-refractivity contribution in [1.29, 1.82) is 0 Å². The smallest absolute Gasteiger partial charge is 0.00139 e. The summed E-state index contributed by atoms with van der Waals surface area (Å²) in [5.74, 6) is 7.21. The fourth-order valence-corrected chi connectivity index (χ4v) is 8.02. The molecule has 0 aromatic rings. The summed E-state index contributed by atoms with van der Waals surface area (Å²) in [7, 11) is 0. The van der Waals surface area contributed by atoms with E-state index in [1.165, 1.54) is 70.6 Å². The zero-order valence-electron chi connectivity index (χ0n) is 21.1. The second-order valence-electron chi connectivity index (χ2n) is 13.0. The third-order valence-corrected chi connectivity index (χ3v) is 10.2. The van der Waals surface area contributed by atoms with Gasteiger partial charge in [-0.25, -0.2) is 0 Å². The van der Waals surface area contributed by atoms with Crippen LogP contribution in [0.25, 0.3) is 0 Å². The van der Waals surface area contributed by atoms with Crippen molar-refractivity contribution in [3.05, 3.63) is 23.3 Å². The molecule has 0 aliphatic heterocycles. The van der Waals surface area contributed by atoms with Gasteiger partial charge in [-0.1, -0.05) is 90.0 Å². The molecule has 0 heteroatoms. The van der Waals surface area contributed by atoms with Gasteiger partial charge in [0.2, 0.25) is 0 Å². The zero-order chi connectivity index (χ0) is 21.5. The van der Waals surface area contributed by atoms with E-state index in [1.54, 1.807) is 5.57 Å². The second-order valence-corrected chi connectivity index (χ2v) is 13.0. The van der Waals surface area contributed by atoms with Gasteiger partial charge >= 0.3 is 0 Å². The predicted octanol–water partition coefficient (Wildman–Crippen LogP) is 9.22. The van der Waals surface area contributed by atoms with Crippen molar-refractivity contribution >= 4 is 0 Å². The van der Waals surface area contributed by atoms with Crippen LogP contribution in [0.15, 0.2) is 23.3 Å². The molecule has 0 nitrogen and oxygen atoms in total. The highest BCUT2D eigenvalue weighted by Crippen LogP contribution is 2.53. The molecule has 0 aromatic carbocycles. The van der Waals surface area contributed by atoms with Crippen LogP contribution in [0.4, 0.5) is 0 Å². The van der Waals surface area contributed by atoms with Gasteiger partial charge in [0.1, 0.15) is 0 Å². The molecule has 4 aliphatic rings. The van der Waals surface area contributed by atoms with Crippen LogP contribution < -0.4 is 0 Å². The molecule has 0 saturated heterocycles. The summed E-state index contributed by atoms with van der Waals surface area (Å²) in [6.07, 6.45) is 21.4. The van der Waals surface area contributed by atoms with E-state index < -0.39 is 0 Å². The van der Waals surface area contributed by atoms with Crippen LogP contribution >= 0.6 is 0 Å². The lowest BCUT2D eigenvalue weighted by Gasteiger charge is -2.33. The van der Waals surface area contributed by atoms with E-state index in [1.807, 2.05) is 5.57 Å². The number of rotatable bonds is 7. The summed E-state index contributed by atoms with van der Waals surface area (Å²) in [5, 5.41) is 0. The van der Waals surface area contributed by atoms with Crippen molar-refractivity contribution in [2.75, 3.05) is 0 Å². The van der Waals surface area contributed by atoms with Crippen LogP contribution in [-0.2, 0) is 0 Å². The topological polar surface area (TPSA) is 0 Å². The van der Waals surface area contributed by atoms with E-state index in [4.69, 9.17) is 0 Å². The van der Waals surface area contributed by atoms with Crippen molar-refractivity contribution in [2.45, 2.75) is 112 Å². The maximum absolute atomic E-state index is 2.73. The van der Waals surface area contributed by atoms with Crippen LogP contribution in [-0.4, -0.2) is 0 Å². The molecular weight excluding hydrogens is 360 g/mol. The molecule has 4 aliphatic carbocycles. The molecule has 4 rings (SSSR count). The Morgan fingerprint density at radius 3 is 2.30 bits per heavy atom. The van der Waals surface area contributed by atoms with Gasteiger partial charge in [-0.15, -0.1) is 0 Å². The first-order valence-electron chi connectivity index (χ1n) is 13.6. The van der Waals surface area contributed by atoms with Crippen LogP contribution in [0, 0.1) is 52.8 Å². The summed E-state index contributed by atoms with van der Waals surface area (Å²) in [6, 6.07) is 0. The van der Waals surface area contributed by atoms with Crippen LogP contribution in [0.1, 0.15) is 112 Å². The minimum atomic E-state index is 0.501. The van der Waals surface area contributed by atoms with Crippen molar-refractivity contribution in [3.63, 3.8) is 0 Å². The maximum Gasteiger partial charge on any atom is 0.00139 e. The molecule has 2 fully saturated rings. The quantitative estimate of drug-likeness (QED) is 0.367. The second kappa shape index (κ2) is 9.15. The lowest BCUT2D eigenvalue weighted by atomic mass is 9.72. The standard InChI is InChI=1S/C30H50/c1-20(14-15-30(5,6)19-29-21(2)12-13-22(29)3)25-17-26-23(4)16-27(28(26)18-25)24-10-8-7-9-11-24/h16-17,20-22,24,26-29H,7-15,18-19H2,1-6H3/t20-,21-,22+,26?,27?,28?,29?/m1/s1. The van der Waals surface area contributed by atoms with Gasteiger partial charge in [0, 0.05) is 5.92 Å². The molecule has 4 unspecified atom stereocenters. The van der Waals surface area contributed by atoms with E-state index >= 15 is 0 Å². The van der Waals surface area contributed by atoms with Gasteiger partial charge in [0.15, 0.2) is 0 Å². The molecule has 0 heterocycles. The van der Waals surface area contributed by atoms with Crippen molar-refractivity contribution in [2.24, 2.45) is 52.8 Å². The monoisotopic (exact) mass is 410 g/mol. The Balaban J connectivity index is 1.32. The third-order valence-electron chi connectivity index (χ3n) is 10.2. The summed E-state index contributed by atoms with van der Waals surface area (Å²) >= 11 is 0. The van der Waals surface area contributed by atoms with E-state index in [9.17, 15) is 0 Å². The molecule has 0 spiro atoms. The fourth-order valence-electron chi connectivity index (χ4n) is 8.02. The Kier molecular flexibility index (Phi) is 6.91. The Morgan fingerprint density at radius 2 is 1.63 bits per heavy atom. The highest BCUT2D eigenvalue weighted by Gasteiger charge is 2.42. The minimum Gasteiger partial charge on any atom is -0.0813 e. The highest BCUT2D eigenvalue weighted by molar-refractivity contribution is 5.31. The lowest BCUT2D eigenvalue weighted by Crippen LogP contribution is -2.23. The van der Waals surface area contributed by atoms with E-state index in [-0.39, 0.29) is 0 Å². The SMILES string of the molecule is CC1=CC(C2CCCCC2)C2CC([C@H](C)CCC(C)(C)CC3[C@H](C)CC[C@@H]3C)=CC12. The maximum atomic E-state index is 2.73. The van der Waals surface area contributed by atoms with Gasteiger partial charge in [-0.2, -0.15) is 0 Å². The predicted molar refractivity (Wildman–Crippen MR) is 131 cm³/mol. The molecule has 7 atom stereocenters. The third kappa shape index (κ3) is 4.78. The zero-order valence-corrected chi connectivity index (χ0v) is 21.1. The Labute approximate surface area is 188 Å². The number of hydrogen-bond donors (Lipinski definition) is 0. The number of hydrogen-bond acceptors (Lipinski definition) is 0. The molecule has 0 bridgehead atoms. The fraction of sp³-hybridized carbons (Fsp3) is 0.867. The molecule has 170 valence electrons. The highest BCUT2D eigenvalue weighted by atomic mass is 14.5. The summed E-state index contributed by atoms with van der Waals surface area (Å²) < 4.78 is 0. The van der Waals surface area contributed by atoms with Gasteiger partial charge in [-0.3, -0.25) is 0 Å². The Bertz CT molecular complexity index is 633. The Hall–Kier alpha value is -0.520. The molecule has 2 saturated carbocycles. The molecular formula is C30H50. The van der Waals surface area contributed by atoms with E-state index in [0.29, 0.717) is 5.41 Å². The molecule has 0 aromatic heterocycles. The van der Waals surface area contributed by atoms with Gasteiger partial charge in [0.25, 0.3) is 0 Å². The van der Waals surface area contributed by atoms with Crippen molar-refractivity contribution in [1.82, 2.24) is 0 Å². The summed E-state index contributed by atoms with van der Waals surface area (Å²) in [5.41, 5.74) is 4.01. The lowest BCUT2D eigenvalue weighted by molar-refractivity contribution is 0.183. The molecule has 30 heavy (non-hydrogen) atoms. The summed E-state index contributed by atoms with van der Waals surface area (Å²) in [6.45, 7) is 15.1. The van der Waals surface area contributed by atoms with Gasteiger partial charge in [0.05, 0.1) is 0 Å². The average molecular weight is 411 g/mol. The van der Waals surface area contributed by atoms with E-state index in [2.05, 4.69) is 53.7 Å². The summed E-state index contributed by atoms with van der Waals surface area (Å²) in [4.78, 5) is 0. The molecule has 0 N–H and O–H groups in total. The average Bonchev–Trinajstić information content (AvgIpc) is 3.38. The first-order chi connectivity index (χ1) is 14.2. The molecule has 0 radical (unpaired) electrons. The van der Waals surface area contributed by atoms with Crippen molar-refractivity contribution in [3.8, 4) is 0 Å².